The molecule has 6 heteroatoms. The van der Waals surface area contributed by atoms with Crippen LogP contribution in [0.25, 0.3) is 0 Å². The van der Waals surface area contributed by atoms with Crippen molar-refractivity contribution in [3.8, 4) is 0 Å². The predicted molar refractivity (Wildman–Crippen MR) is 279 cm³/mol. The fraction of sp³-hybridized carbons (Fsp3) is 0.610. The van der Waals surface area contributed by atoms with Crippen molar-refractivity contribution in [2.45, 2.75) is 219 Å². The van der Waals surface area contributed by atoms with Gasteiger partial charge in [-0.15, -0.1) is 0 Å². The quantitative estimate of drug-likeness (QED) is 0.0199. The van der Waals surface area contributed by atoms with Gasteiger partial charge in [0.05, 0.1) is 0 Å². The minimum atomic E-state index is -0.812. The van der Waals surface area contributed by atoms with Gasteiger partial charge < -0.3 is 14.2 Å². The van der Waals surface area contributed by atoms with Gasteiger partial charge in [0.1, 0.15) is 13.2 Å². The van der Waals surface area contributed by atoms with E-state index in [0.29, 0.717) is 12.8 Å². The first-order chi connectivity index (χ1) is 32.0. The first-order valence-electron chi connectivity index (χ1n) is 26.1. The van der Waals surface area contributed by atoms with E-state index in [1.54, 1.807) is 0 Å². The summed E-state index contributed by atoms with van der Waals surface area (Å²) in [5.74, 6) is -0.985. The zero-order valence-corrected chi connectivity index (χ0v) is 41.7. The maximum absolute atomic E-state index is 12.8. The molecular weight excluding hydrogens is 805 g/mol. The Morgan fingerprint density at radius 1 is 0.338 bits per heavy atom. The number of esters is 3. The summed E-state index contributed by atoms with van der Waals surface area (Å²) in [6, 6.07) is 0. The van der Waals surface area contributed by atoms with Crippen LogP contribution in [-0.4, -0.2) is 37.2 Å². The molecule has 0 rings (SSSR count). The Balaban J connectivity index is 4.50. The van der Waals surface area contributed by atoms with Gasteiger partial charge in [-0.1, -0.05) is 206 Å². The van der Waals surface area contributed by atoms with E-state index in [9.17, 15) is 14.4 Å². The van der Waals surface area contributed by atoms with Crippen molar-refractivity contribution in [3.63, 3.8) is 0 Å². The van der Waals surface area contributed by atoms with Gasteiger partial charge in [0.15, 0.2) is 6.10 Å². The van der Waals surface area contributed by atoms with Gasteiger partial charge in [0.25, 0.3) is 0 Å². The Labute approximate surface area is 399 Å². The molecule has 0 bridgehead atoms. The second-order valence-electron chi connectivity index (χ2n) is 16.8. The number of unbranched alkanes of at least 4 members (excludes halogenated alkanes) is 17. The van der Waals surface area contributed by atoms with Crippen molar-refractivity contribution in [2.24, 2.45) is 0 Å². The molecule has 0 fully saturated rings. The van der Waals surface area contributed by atoms with Gasteiger partial charge in [-0.25, -0.2) is 0 Å². The molecule has 0 heterocycles. The molecule has 0 spiro atoms. The number of hydrogen-bond donors (Lipinski definition) is 0. The van der Waals surface area contributed by atoms with Gasteiger partial charge in [-0.2, -0.15) is 0 Å². The average Bonchev–Trinajstić information content (AvgIpc) is 3.30. The molecule has 0 aromatic carbocycles. The van der Waals surface area contributed by atoms with Gasteiger partial charge >= 0.3 is 17.9 Å². The molecule has 0 aromatic rings. The maximum Gasteiger partial charge on any atom is 0.306 e. The van der Waals surface area contributed by atoms with Crippen LogP contribution in [-0.2, 0) is 28.6 Å². The van der Waals surface area contributed by atoms with E-state index in [1.165, 1.54) is 32.1 Å². The lowest BCUT2D eigenvalue weighted by Gasteiger charge is -2.18. The van der Waals surface area contributed by atoms with E-state index in [0.717, 1.165) is 141 Å². The molecule has 65 heavy (non-hydrogen) atoms. The van der Waals surface area contributed by atoms with Crippen LogP contribution in [0.5, 0.6) is 0 Å². The van der Waals surface area contributed by atoms with Crippen molar-refractivity contribution >= 4 is 17.9 Å². The monoisotopic (exact) mass is 899 g/mol. The topological polar surface area (TPSA) is 78.9 Å². The van der Waals surface area contributed by atoms with Crippen molar-refractivity contribution in [3.05, 3.63) is 122 Å². The Hall–Kier alpha value is -4.19. The number of carbonyl (C=O) groups excluding carboxylic acids is 3. The van der Waals surface area contributed by atoms with E-state index >= 15 is 0 Å². The SMILES string of the molecule is CC/C=C\C/C=C\C/C=C\C/C=C\C/C=C\CCCCCC(=O)OCC(COC(=O)CCCCCC/C=C\CCCC)OC(=O)CCCCCCC\C=C/C=C\C=C/C=C\CCCCC. The standard InChI is InChI=1S/C59H94O6/c1-4-7-10-13-16-19-22-24-26-28-30-32-33-35-37-40-43-46-49-52-58(61)64-55-56(54-63-57(60)51-48-45-42-39-21-18-15-12-9-6-3)65-59(62)53-50-47-44-41-38-36-34-31-29-27-25-23-20-17-14-11-8-5-2/h7,10,15-20,23-27,29-32,34-35,37,56H,4-6,8-9,11-14,21-22,28,33,36,38-55H2,1-3H3/b10-7-,18-15-,19-16-,20-17-,25-23-,26-24-,29-27-,32-30-,34-31-,37-35-. The lowest BCUT2D eigenvalue weighted by molar-refractivity contribution is -0.167. The molecule has 0 radical (unpaired) electrons. The molecule has 0 aliphatic heterocycles. The molecule has 0 saturated heterocycles. The highest BCUT2D eigenvalue weighted by Gasteiger charge is 2.19. The number of ether oxygens (including phenoxy) is 3. The largest absolute Gasteiger partial charge is 0.462 e. The Morgan fingerprint density at radius 2 is 0.677 bits per heavy atom. The highest BCUT2D eigenvalue weighted by molar-refractivity contribution is 5.71. The Bertz CT molecular complexity index is 1400. The van der Waals surface area contributed by atoms with Crippen molar-refractivity contribution in [1.82, 2.24) is 0 Å². The molecule has 0 aliphatic carbocycles. The van der Waals surface area contributed by atoms with E-state index in [1.807, 2.05) is 0 Å². The summed E-state index contributed by atoms with van der Waals surface area (Å²) in [6.07, 6.45) is 71.8. The molecule has 0 amide bonds. The predicted octanol–water partition coefficient (Wildman–Crippen LogP) is 17.3. The third kappa shape index (κ3) is 50.7. The molecule has 1 atom stereocenters. The van der Waals surface area contributed by atoms with Crippen molar-refractivity contribution in [2.75, 3.05) is 13.2 Å². The van der Waals surface area contributed by atoms with Crippen LogP contribution in [0, 0.1) is 0 Å². The van der Waals surface area contributed by atoms with Crippen LogP contribution in [0.2, 0.25) is 0 Å². The van der Waals surface area contributed by atoms with Gasteiger partial charge in [-0.3, -0.25) is 14.4 Å². The third-order valence-electron chi connectivity index (χ3n) is 10.5. The molecule has 0 aromatic heterocycles. The number of carbonyl (C=O) groups is 3. The summed E-state index contributed by atoms with van der Waals surface area (Å²) in [4.78, 5) is 38.0. The maximum atomic E-state index is 12.8. The molecule has 366 valence electrons. The molecule has 0 aliphatic rings. The highest BCUT2D eigenvalue weighted by Crippen LogP contribution is 2.12. The zero-order valence-electron chi connectivity index (χ0n) is 41.7. The summed E-state index contributed by atoms with van der Waals surface area (Å²) in [6.45, 7) is 6.36. The summed E-state index contributed by atoms with van der Waals surface area (Å²) in [5.41, 5.74) is 0. The van der Waals surface area contributed by atoms with E-state index in [2.05, 4.69) is 142 Å². The molecule has 1 unspecified atom stereocenters. The van der Waals surface area contributed by atoms with E-state index < -0.39 is 6.10 Å². The fourth-order valence-corrected chi connectivity index (χ4v) is 6.58. The smallest absolute Gasteiger partial charge is 0.306 e. The molecule has 0 N–H and O–H groups in total. The van der Waals surface area contributed by atoms with E-state index in [-0.39, 0.29) is 37.5 Å². The summed E-state index contributed by atoms with van der Waals surface area (Å²) >= 11 is 0. The molecule has 6 nitrogen and oxygen atoms in total. The average molecular weight is 899 g/mol. The van der Waals surface area contributed by atoms with E-state index in [4.69, 9.17) is 14.2 Å². The zero-order chi connectivity index (χ0) is 47.2. The summed E-state index contributed by atoms with van der Waals surface area (Å²) < 4.78 is 16.7. The minimum absolute atomic E-state index is 0.108. The van der Waals surface area contributed by atoms with Gasteiger partial charge in [0, 0.05) is 19.3 Å². The summed E-state index contributed by atoms with van der Waals surface area (Å²) in [5, 5.41) is 0. The lowest BCUT2D eigenvalue weighted by Crippen LogP contribution is -2.30. The Morgan fingerprint density at radius 3 is 1.15 bits per heavy atom. The second-order valence-corrected chi connectivity index (χ2v) is 16.8. The van der Waals surface area contributed by atoms with Gasteiger partial charge in [-0.05, 0) is 109 Å². The molecular formula is C59H94O6. The lowest BCUT2D eigenvalue weighted by atomic mass is 10.1. The van der Waals surface area contributed by atoms with Gasteiger partial charge in [0.2, 0.25) is 0 Å². The second kappa shape index (κ2) is 52.4. The van der Waals surface area contributed by atoms with Crippen molar-refractivity contribution in [1.29, 1.82) is 0 Å². The minimum Gasteiger partial charge on any atom is -0.462 e. The Kier molecular flexibility index (Phi) is 49.1. The van der Waals surface area contributed by atoms with Crippen LogP contribution in [0.1, 0.15) is 213 Å². The summed E-state index contributed by atoms with van der Waals surface area (Å²) in [7, 11) is 0. The number of allylic oxidation sites excluding steroid dienone is 20. The van der Waals surface area contributed by atoms with Crippen LogP contribution in [0.4, 0.5) is 0 Å². The fourth-order valence-electron chi connectivity index (χ4n) is 6.58. The normalized spacial score (nSPS) is 13.1. The third-order valence-corrected chi connectivity index (χ3v) is 10.5. The van der Waals surface area contributed by atoms with Crippen LogP contribution in [0.15, 0.2) is 122 Å². The van der Waals surface area contributed by atoms with Crippen LogP contribution >= 0.6 is 0 Å². The van der Waals surface area contributed by atoms with Crippen LogP contribution in [0.3, 0.4) is 0 Å². The number of rotatable bonds is 45. The van der Waals surface area contributed by atoms with Crippen LogP contribution < -0.4 is 0 Å². The first-order valence-corrected chi connectivity index (χ1v) is 26.1. The van der Waals surface area contributed by atoms with Crippen molar-refractivity contribution < 1.29 is 28.6 Å². The number of hydrogen-bond acceptors (Lipinski definition) is 6. The highest BCUT2D eigenvalue weighted by atomic mass is 16.6. The molecule has 0 saturated carbocycles. The first kappa shape index (κ1) is 60.8.